The fourth-order valence-electron chi connectivity index (χ4n) is 4.70. The molecule has 0 radical (unpaired) electrons. The summed E-state index contributed by atoms with van der Waals surface area (Å²) in [6.07, 6.45) is 5.35. The van der Waals surface area contributed by atoms with Gasteiger partial charge in [-0.05, 0) is 73.2 Å². The Labute approximate surface area is 217 Å². The fraction of sp³-hybridized carbons (Fsp3) is 0.300. The van der Waals surface area contributed by atoms with Crippen LogP contribution < -0.4 is 20.7 Å². The molecule has 3 aromatic rings. The number of rotatable bonds is 6. The van der Waals surface area contributed by atoms with Crippen LogP contribution in [0.2, 0.25) is 0 Å². The molecule has 0 unspecified atom stereocenters. The molecule has 7 heteroatoms. The normalized spacial score (nSPS) is 13.5. The Kier molecular flexibility index (Phi) is 8.23. The van der Waals surface area contributed by atoms with Crippen molar-refractivity contribution in [3.63, 3.8) is 0 Å². The molecular formula is C30H33N3O4. The van der Waals surface area contributed by atoms with E-state index in [1.54, 1.807) is 24.3 Å². The number of aryl methyl sites for hydroxylation is 2. The maximum atomic E-state index is 13.2. The van der Waals surface area contributed by atoms with E-state index in [0.29, 0.717) is 17.0 Å². The molecule has 0 spiro atoms. The summed E-state index contributed by atoms with van der Waals surface area (Å²) in [6.45, 7) is 5.23. The van der Waals surface area contributed by atoms with Crippen LogP contribution in [0.1, 0.15) is 60.5 Å². The number of nitrogens with one attached hydrogen (secondary N) is 3. The maximum Gasteiger partial charge on any atom is 0.323 e. The number of amides is 3. The van der Waals surface area contributed by atoms with E-state index in [4.69, 9.17) is 4.74 Å². The summed E-state index contributed by atoms with van der Waals surface area (Å²) in [5.41, 5.74) is 5.13. The number of benzene rings is 3. The van der Waals surface area contributed by atoms with Gasteiger partial charge in [0.05, 0.1) is 11.3 Å². The molecule has 3 amide bonds. The second-order valence-electron chi connectivity index (χ2n) is 9.53. The summed E-state index contributed by atoms with van der Waals surface area (Å²) in [5, 5.41) is 8.97. The van der Waals surface area contributed by atoms with E-state index in [1.165, 1.54) is 13.3 Å². The molecule has 1 saturated carbocycles. The average Bonchev–Trinajstić information content (AvgIpc) is 2.87. The maximum absolute atomic E-state index is 13.2. The molecule has 3 aromatic carbocycles. The van der Waals surface area contributed by atoms with Crippen LogP contribution in [0.25, 0.3) is 11.1 Å². The minimum absolute atomic E-state index is 0.144. The van der Waals surface area contributed by atoms with Crippen molar-refractivity contribution in [3.05, 3.63) is 77.4 Å². The molecule has 0 aliphatic heterocycles. The summed E-state index contributed by atoms with van der Waals surface area (Å²) >= 11 is 0. The lowest BCUT2D eigenvalue weighted by Gasteiger charge is -2.23. The minimum atomic E-state index is -0.425. The first kappa shape index (κ1) is 25.9. The number of hydrogen-bond acceptors (Lipinski definition) is 4. The highest BCUT2D eigenvalue weighted by Crippen LogP contribution is 2.29. The van der Waals surface area contributed by atoms with Crippen molar-refractivity contribution in [1.82, 2.24) is 5.32 Å². The lowest BCUT2D eigenvalue weighted by atomic mass is 9.95. The van der Waals surface area contributed by atoms with Gasteiger partial charge in [-0.15, -0.1) is 0 Å². The number of ether oxygens (including phenoxy) is 1. The molecule has 7 nitrogen and oxygen atoms in total. The topological polar surface area (TPSA) is 96.5 Å². The van der Waals surface area contributed by atoms with E-state index in [1.807, 2.05) is 50.2 Å². The molecule has 3 N–H and O–H groups in total. The molecule has 0 aromatic heterocycles. The third-order valence-electron chi connectivity index (χ3n) is 6.62. The predicted molar refractivity (Wildman–Crippen MR) is 146 cm³/mol. The standard InChI is InChI=1S/C30H33N3O4/c1-19-8-7-9-20(2)28(19)33-30(36)32-27-18-23(22-12-15-25(16-13-22)37-21(3)34)14-17-26(27)29(35)31-24-10-5-4-6-11-24/h7-9,12-18,24H,4-6,10-11H2,1-3H3,(H,31,35)(H2,32,33,36). The Morgan fingerprint density at radius 1 is 0.811 bits per heavy atom. The van der Waals surface area contributed by atoms with E-state index >= 15 is 0 Å². The third kappa shape index (κ3) is 6.76. The van der Waals surface area contributed by atoms with Crippen molar-refractivity contribution in [3.8, 4) is 16.9 Å². The second-order valence-corrected chi connectivity index (χ2v) is 9.53. The van der Waals surface area contributed by atoms with Gasteiger partial charge in [-0.1, -0.05) is 55.7 Å². The zero-order valence-corrected chi connectivity index (χ0v) is 21.5. The summed E-state index contributed by atoms with van der Waals surface area (Å²) in [5.74, 6) is -0.139. The van der Waals surface area contributed by atoms with Gasteiger partial charge in [0.15, 0.2) is 0 Å². The second kappa shape index (κ2) is 11.7. The lowest BCUT2D eigenvalue weighted by Crippen LogP contribution is -2.36. The monoisotopic (exact) mass is 499 g/mol. The van der Waals surface area contributed by atoms with E-state index < -0.39 is 6.03 Å². The van der Waals surface area contributed by atoms with Crippen LogP contribution in [-0.4, -0.2) is 23.9 Å². The first-order chi connectivity index (χ1) is 17.8. The van der Waals surface area contributed by atoms with Gasteiger partial charge >= 0.3 is 12.0 Å². The van der Waals surface area contributed by atoms with Gasteiger partial charge in [-0.2, -0.15) is 0 Å². The van der Waals surface area contributed by atoms with Gasteiger partial charge in [-0.3, -0.25) is 9.59 Å². The van der Waals surface area contributed by atoms with Gasteiger partial charge < -0.3 is 20.7 Å². The van der Waals surface area contributed by atoms with Crippen molar-refractivity contribution in [2.45, 2.75) is 58.9 Å². The van der Waals surface area contributed by atoms with Gasteiger partial charge in [0.25, 0.3) is 5.91 Å². The predicted octanol–water partition coefficient (Wildman–Crippen LogP) is 6.60. The largest absolute Gasteiger partial charge is 0.427 e. The summed E-state index contributed by atoms with van der Waals surface area (Å²) < 4.78 is 5.12. The van der Waals surface area contributed by atoms with Crippen molar-refractivity contribution in [2.75, 3.05) is 10.6 Å². The molecule has 1 aliphatic rings. The van der Waals surface area contributed by atoms with Crippen LogP contribution in [0.5, 0.6) is 5.75 Å². The first-order valence-corrected chi connectivity index (χ1v) is 12.7. The summed E-state index contributed by atoms with van der Waals surface area (Å²) in [4.78, 5) is 37.5. The highest BCUT2D eigenvalue weighted by molar-refractivity contribution is 6.07. The molecule has 0 atom stereocenters. The molecule has 0 saturated heterocycles. The van der Waals surface area contributed by atoms with Gasteiger partial charge in [0, 0.05) is 18.7 Å². The van der Waals surface area contributed by atoms with E-state index in [2.05, 4.69) is 16.0 Å². The molecular weight excluding hydrogens is 466 g/mol. The molecule has 37 heavy (non-hydrogen) atoms. The molecule has 1 fully saturated rings. The zero-order valence-electron chi connectivity index (χ0n) is 21.5. The Hall–Kier alpha value is -4.13. The van der Waals surface area contributed by atoms with Gasteiger partial charge in [-0.25, -0.2) is 4.79 Å². The van der Waals surface area contributed by atoms with Crippen molar-refractivity contribution in [2.24, 2.45) is 0 Å². The number of carbonyl (C=O) groups excluding carboxylic acids is 3. The molecule has 4 rings (SSSR count). The smallest absolute Gasteiger partial charge is 0.323 e. The average molecular weight is 500 g/mol. The zero-order chi connectivity index (χ0) is 26.4. The number of carbonyl (C=O) groups is 3. The van der Waals surface area contributed by atoms with Crippen LogP contribution in [0.15, 0.2) is 60.7 Å². The van der Waals surface area contributed by atoms with Crippen LogP contribution in [-0.2, 0) is 4.79 Å². The van der Waals surface area contributed by atoms with Crippen molar-refractivity contribution in [1.29, 1.82) is 0 Å². The summed E-state index contributed by atoms with van der Waals surface area (Å²) in [7, 11) is 0. The van der Waals surface area contributed by atoms with Crippen LogP contribution in [0, 0.1) is 13.8 Å². The van der Waals surface area contributed by atoms with Crippen LogP contribution in [0.3, 0.4) is 0 Å². The quantitative estimate of drug-likeness (QED) is 0.263. The van der Waals surface area contributed by atoms with Gasteiger partial charge in [0.1, 0.15) is 5.75 Å². The Bertz CT molecular complexity index is 1270. The van der Waals surface area contributed by atoms with Crippen molar-refractivity contribution >= 4 is 29.3 Å². The Morgan fingerprint density at radius 3 is 2.11 bits per heavy atom. The van der Waals surface area contributed by atoms with E-state index in [0.717, 1.165) is 53.6 Å². The lowest BCUT2D eigenvalue weighted by molar-refractivity contribution is -0.131. The molecule has 0 bridgehead atoms. The van der Waals surface area contributed by atoms with Gasteiger partial charge in [0.2, 0.25) is 0 Å². The fourth-order valence-corrected chi connectivity index (χ4v) is 4.70. The summed E-state index contributed by atoms with van der Waals surface area (Å²) in [6, 6.07) is 18.0. The number of para-hydroxylation sites is 1. The van der Waals surface area contributed by atoms with E-state index in [-0.39, 0.29) is 17.9 Å². The highest BCUT2D eigenvalue weighted by Gasteiger charge is 2.20. The SMILES string of the molecule is CC(=O)Oc1ccc(-c2ccc(C(=O)NC3CCCCC3)c(NC(=O)Nc3c(C)cccc3C)c2)cc1. The molecule has 192 valence electrons. The van der Waals surface area contributed by atoms with E-state index in [9.17, 15) is 14.4 Å². The number of hydrogen-bond donors (Lipinski definition) is 3. The highest BCUT2D eigenvalue weighted by atomic mass is 16.5. The number of urea groups is 1. The number of esters is 1. The third-order valence-corrected chi connectivity index (χ3v) is 6.62. The number of anilines is 2. The molecule has 0 heterocycles. The first-order valence-electron chi connectivity index (χ1n) is 12.7. The Morgan fingerprint density at radius 2 is 1.46 bits per heavy atom. The Balaban J connectivity index is 1.61. The van der Waals surface area contributed by atoms with Crippen molar-refractivity contribution < 1.29 is 19.1 Å². The van der Waals surface area contributed by atoms with Crippen LogP contribution >= 0.6 is 0 Å². The van der Waals surface area contributed by atoms with Crippen LogP contribution in [0.4, 0.5) is 16.2 Å². The molecule has 1 aliphatic carbocycles. The minimum Gasteiger partial charge on any atom is -0.427 e.